The minimum atomic E-state index is -0.621. The van der Waals surface area contributed by atoms with Gasteiger partial charge in [0.1, 0.15) is 0 Å². The lowest BCUT2D eigenvalue weighted by atomic mass is 10.0. The fourth-order valence-electron chi connectivity index (χ4n) is 2.54. The summed E-state index contributed by atoms with van der Waals surface area (Å²) >= 11 is 5.13. The zero-order valence-corrected chi connectivity index (χ0v) is 16.7. The summed E-state index contributed by atoms with van der Waals surface area (Å²) in [5, 5.41) is 5.34. The van der Waals surface area contributed by atoms with E-state index < -0.39 is 6.09 Å². The molecule has 0 saturated heterocycles. The maximum atomic E-state index is 12.6. The third-order valence-corrected chi connectivity index (χ3v) is 4.25. The van der Waals surface area contributed by atoms with Crippen molar-refractivity contribution in [2.24, 2.45) is 0 Å². The van der Waals surface area contributed by atoms with Gasteiger partial charge in [-0.1, -0.05) is 56.5 Å². The number of rotatable bonds is 8. The maximum Gasteiger partial charge on any atom is 0.413 e. The minimum absolute atomic E-state index is 0.0505. The summed E-state index contributed by atoms with van der Waals surface area (Å²) in [6, 6.07) is 13.8. The van der Waals surface area contributed by atoms with Gasteiger partial charge >= 0.3 is 6.09 Å². The van der Waals surface area contributed by atoms with E-state index in [1.165, 1.54) is 0 Å². The fraction of sp³-hybridized carbons (Fsp3) is 0.286. The van der Waals surface area contributed by atoms with Crippen LogP contribution >= 0.6 is 12.2 Å². The second-order valence-corrected chi connectivity index (χ2v) is 6.68. The van der Waals surface area contributed by atoms with Crippen molar-refractivity contribution < 1.29 is 14.3 Å². The molecule has 7 heteroatoms. The third-order valence-electron chi connectivity index (χ3n) is 4.05. The monoisotopic (exact) mass is 399 g/mol. The number of amides is 1. The number of hydrogen-bond acceptors (Lipinski definition) is 5. The number of carbonyl (C=O) groups is 2. The molecule has 0 radical (unpaired) electrons. The summed E-state index contributed by atoms with van der Waals surface area (Å²) in [5.41, 5.74) is 7.84. The Morgan fingerprint density at radius 1 is 1.04 bits per heavy atom. The lowest BCUT2D eigenvalue weighted by Crippen LogP contribution is -2.35. The number of ketones is 1. The summed E-state index contributed by atoms with van der Waals surface area (Å²) in [6.07, 6.45) is 3.45. The topological polar surface area (TPSA) is 93.5 Å². The van der Waals surface area contributed by atoms with Gasteiger partial charge in [0.15, 0.2) is 10.9 Å². The van der Waals surface area contributed by atoms with Crippen molar-refractivity contribution in [1.29, 1.82) is 0 Å². The van der Waals surface area contributed by atoms with E-state index in [0.29, 0.717) is 29.1 Å². The lowest BCUT2D eigenvalue weighted by Gasteiger charge is -2.13. The summed E-state index contributed by atoms with van der Waals surface area (Å²) in [5.74, 6) is -0.131. The molecule has 0 spiro atoms. The molecule has 0 aliphatic heterocycles. The Morgan fingerprint density at radius 2 is 1.79 bits per heavy atom. The van der Waals surface area contributed by atoms with E-state index in [4.69, 9.17) is 22.7 Å². The summed E-state index contributed by atoms with van der Waals surface area (Å²) in [6.45, 7) is 2.46. The number of benzene rings is 2. The molecule has 0 aliphatic carbocycles. The van der Waals surface area contributed by atoms with Crippen molar-refractivity contribution in [3.63, 3.8) is 0 Å². The third kappa shape index (κ3) is 6.66. The average Bonchev–Trinajstić information content (AvgIpc) is 2.69. The van der Waals surface area contributed by atoms with Gasteiger partial charge in [0.25, 0.3) is 0 Å². The van der Waals surface area contributed by atoms with Gasteiger partial charge in [-0.25, -0.2) is 4.79 Å². The van der Waals surface area contributed by atoms with Gasteiger partial charge in [0, 0.05) is 11.1 Å². The van der Waals surface area contributed by atoms with E-state index in [9.17, 15) is 9.59 Å². The molecule has 1 amide bonds. The standard InChI is InChI=1S/C21H25N3O3S/c1-2-3-4-8-13-27-21(26)24-20(28)23-18-14-16(11-12-17(18)22)19(25)15-9-6-5-7-10-15/h5-7,9-12,14H,2-4,8,13,22H2,1H3,(H2,23,24,26,28). The van der Waals surface area contributed by atoms with Crippen LogP contribution in [0.15, 0.2) is 48.5 Å². The quantitative estimate of drug-likeness (QED) is 0.262. The molecule has 6 nitrogen and oxygen atoms in total. The Kier molecular flexibility index (Phi) is 8.42. The number of nitrogen functional groups attached to an aromatic ring is 1. The van der Waals surface area contributed by atoms with E-state index in [0.717, 1.165) is 25.7 Å². The van der Waals surface area contributed by atoms with Gasteiger partial charge in [0.2, 0.25) is 0 Å². The molecule has 148 valence electrons. The first-order valence-electron chi connectivity index (χ1n) is 9.25. The van der Waals surface area contributed by atoms with Crippen molar-refractivity contribution in [2.75, 3.05) is 17.7 Å². The molecule has 28 heavy (non-hydrogen) atoms. The molecule has 0 atom stereocenters. The highest BCUT2D eigenvalue weighted by atomic mass is 32.1. The molecule has 0 unspecified atom stereocenters. The van der Waals surface area contributed by atoms with Gasteiger partial charge < -0.3 is 15.8 Å². The molecule has 0 aromatic heterocycles. The molecular formula is C21H25N3O3S. The van der Waals surface area contributed by atoms with Gasteiger partial charge in [-0.2, -0.15) is 0 Å². The number of nitrogens with one attached hydrogen (secondary N) is 2. The number of unbranched alkanes of at least 4 members (excludes halogenated alkanes) is 3. The Hall–Kier alpha value is -2.93. The number of carbonyl (C=O) groups excluding carboxylic acids is 2. The predicted molar refractivity (Wildman–Crippen MR) is 116 cm³/mol. The largest absolute Gasteiger partial charge is 0.449 e. The number of hydrogen-bond donors (Lipinski definition) is 3. The second kappa shape index (κ2) is 11.0. The lowest BCUT2D eigenvalue weighted by molar-refractivity contribution is 0.103. The van der Waals surface area contributed by atoms with Crippen molar-refractivity contribution in [3.05, 3.63) is 59.7 Å². The molecular weight excluding hydrogens is 374 g/mol. The minimum Gasteiger partial charge on any atom is -0.449 e. The highest BCUT2D eigenvalue weighted by molar-refractivity contribution is 7.80. The van der Waals surface area contributed by atoms with Crippen LogP contribution in [0.1, 0.15) is 48.5 Å². The number of anilines is 2. The van der Waals surface area contributed by atoms with Gasteiger partial charge in [0.05, 0.1) is 18.0 Å². The van der Waals surface area contributed by atoms with Crippen LogP contribution in [0.5, 0.6) is 0 Å². The molecule has 0 saturated carbocycles. The van der Waals surface area contributed by atoms with Crippen LogP contribution in [0.3, 0.4) is 0 Å². The first-order chi connectivity index (χ1) is 13.5. The second-order valence-electron chi connectivity index (χ2n) is 6.27. The Labute approximate surface area is 170 Å². The van der Waals surface area contributed by atoms with Crippen LogP contribution < -0.4 is 16.4 Å². The van der Waals surface area contributed by atoms with Crippen molar-refractivity contribution >= 4 is 40.6 Å². The molecule has 0 bridgehead atoms. The van der Waals surface area contributed by atoms with Crippen LogP contribution in [-0.2, 0) is 4.74 Å². The van der Waals surface area contributed by atoms with Crippen molar-refractivity contribution in [2.45, 2.75) is 32.6 Å². The molecule has 4 N–H and O–H groups in total. The van der Waals surface area contributed by atoms with E-state index in [1.807, 2.05) is 6.07 Å². The Bertz CT molecular complexity index is 825. The van der Waals surface area contributed by atoms with E-state index in [2.05, 4.69) is 17.6 Å². The van der Waals surface area contributed by atoms with E-state index >= 15 is 0 Å². The average molecular weight is 400 g/mol. The van der Waals surface area contributed by atoms with Gasteiger partial charge in [-0.3, -0.25) is 10.1 Å². The Morgan fingerprint density at radius 3 is 2.50 bits per heavy atom. The van der Waals surface area contributed by atoms with Crippen LogP contribution in [0.2, 0.25) is 0 Å². The van der Waals surface area contributed by atoms with Crippen LogP contribution in [0.25, 0.3) is 0 Å². The molecule has 0 fully saturated rings. The molecule has 0 aliphatic rings. The zero-order valence-electron chi connectivity index (χ0n) is 15.9. The highest BCUT2D eigenvalue weighted by Crippen LogP contribution is 2.22. The number of ether oxygens (including phenoxy) is 1. The molecule has 2 aromatic rings. The summed E-state index contributed by atoms with van der Waals surface area (Å²) < 4.78 is 5.08. The van der Waals surface area contributed by atoms with Crippen LogP contribution in [-0.4, -0.2) is 23.6 Å². The Balaban J connectivity index is 1.93. The molecule has 0 heterocycles. The SMILES string of the molecule is CCCCCCOC(=O)NC(=S)Nc1cc(C(=O)c2ccccc2)ccc1N. The number of alkyl carbamates (subject to hydrolysis) is 1. The molecule has 2 aromatic carbocycles. The van der Waals surface area contributed by atoms with Crippen LogP contribution in [0, 0.1) is 0 Å². The fourth-order valence-corrected chi connectivity index (χ4v) is 2.73. The molecule has 2 rings (SSSR count). The van der Waals surface area contributed by atoms with Crippen molar-refractivity contribution in [1.82, 2.24) is 5.32 Å². The van der Waals surface area contributed by atoms with E-state index in [-0.39, 0.29) is 10.9 Å². The first-order valence-corrected chi connectivity index (χ1v) is 9.66. The summed E-state index contributed by atoms with van der Waals surface area (Å²) in [4.78, 5) is 24.4. The number of thiocarbonyl (C=S) groups is 1. The zero-order chi connectivity index (χ0) is 20.4. The van der Waals surface area contributed by atoms with Gasteiger partial charge in [-0.05, 0) is 36.8 Å². The maximum absolute atomic E-state index is 12.6. The van der Waals surface area contributed by atoms with E-state index in [1.54, 1.807) is 42.5 Å². The van der Waals surface area contributed by atoms with Crippen LogP contribution in [0.4, 0.5) is 16.2 Å². The first kappa shape index (κ1) is 21.4. The summed E-state index contributed by atoms with van der Waals surface area (Å²) in [7, 11) is 0. The predicted octanol–water partition coefficient (Wildman–Crippen LogP) is 4.50. The van der Waals surface area contributed by atoms with Crippen molar-refractivity contribution in [3.8, 4) is 0 Å². The number of nitrogens with two attached hydrogens (primary N) is 1. The normalized spacial score (nSPS) is 10.2. The highest BCUT2D eigenvalue weighted by Gasteiger charge is 2.12. The smallest absolute Gasteiger partial charge is 0.413 e. The van der Waals surface area contributed by atoms with Gasteiger partial charge in [-0.15, -0.1) is 0 Å².